The lowest BCUT2D eigenvalue weighted by molar-refractivity contribution is -0.136. The molecule has 1 saturated heterocycles. The predicted octanol–water partition coefficient (Wildman–Crippen LogP) is 5.95. The Bertz CT molecular complexity index is 1860. The highest BCUT2D eigenvalue weighted by Gasteiger charge is 2.41. The zero-order valence-electron chi connectivity index (χ0n) is 33.1. The third-order valence-corrected chi connectivity index (χ3v) is 11.8. The van der Waals surface area contributed by atoms with Gasteiger partial charge in [0.1, 0.15) is 11.9 Å². The second kappa shape index (κ2) is 19.7. The number of carbonyl (C=O) groups excluding carboxylic acids is 4. The van der Waals surface area contributed by atoms with Gasteiger partial charge in [-0.2, -0.15) is 13.2 Å². The Morgan fingerprint density at radius 1 is 0.912 bits per heavy atom. The molecule has 1 aliphatic heterocycles. The number of urea groups is 1. The highest BCUT2D eigenvalue weighted by molar-refractivity contribution is 5.92. The van der Waals surface area contributed by atoms with Gasteiger partial charge in [-0.1, -0.05) is 70.9 Å². The summed E-state index contributed by atoms with van der Waals surface area (Å²) in [4.78, 5) is 57.3. The van der Waals surface area contributed by atoms with Crippen molar-refractivity contribution in [1.82, 2.24) is 31.6 Å². The Morgan fingerprint density at radius 2 is 1.63 bits per heavy atom. The van der Waals surface area contributed by atoms with Crippen molar-refractivity contribution in [2.24, 2.45) is 23.7 Å². The monoisotopic (exact) mass is 800 g/mol. The average Bonchev–Trinajstić information content (AvgIpc) is 3.56. The molecule has 2 unspecified atom stereocenters. The summed E-state index contributed by atoms with van der Waals surface area (Å²) >= 11 is 0. The molecule has 0 saturated carbocycles. The van der Waals surface area contributed by atoms with Crippen LogP contribution in [0.2, 0.25) is 0 Å². The Balaban J connectivity index is 1.36. The zero-order chi connectivity index (χ0) is 41.3. The van der Waals surface area contributed by atoms with Crippen LogP contribution >= 0.6 is 0 Å². The van der Waals surface area contributed by atoms with Crippen LogP contribution in [0.25, 0.3) is 10.9 Å². The number of hydrogen-bond donors (Lipinski definition) is 6. The van der Waals surface area contributed by atoms with Crippen LogP contribution in [0.3, 0.4) is 0 Å². The number of aromatic nitrogens is 1. The second-order valence-corrected chi connectivity index (χ2v) is 15.6. The number of carbonyl (C=O) groups is 4. The molecule has 0 spiro atoms. The van der Waals surface area contributed by atoms with E-state index in [1.165, 1.54) is 24.3 Å². The van der Waals surface area contributed by atoms with Crippen LogP contribution in [0.1, 0.15) is 82.2 Å². The van der Waals surface area contributed by atoms with E-state index in [0.29, 0.717) is 41.9 Å². The van der Waals surface area contributed by atoms with Gasteiger partial charge < -0.3 is 36.3 Å². The van der Waals surface area contributed by atoms with Gasteiger partial charge in [0.15, 0.2) is 0 Å². The number of H-pyrrole nitrogens is 1. The van der Waals surface area contributed by atoms with E-state index in [-0.39, 0.29) is 54.8 Å². The quantitative estimate of drug-likeness (QED) is 0.0991. The van der Waals surface area contributed by atoms with Crippen molar-refractivity contribution in [2.75, 3.05) is 26.3 Å². The predicted molar refractivity (Wildman–Crippen MR) is 209 cm³/mol. The molecule has 15 heteroatoms. The van der Waals surface area contributed by atoms with Crippen molar-refractivity contribution in [3.63, 3.8) is 0 Å². The van der Waals surface area contributed by atoms with E-state index in [1.807, 2.05) is 20.8 Å². The smallest absolute Gasteiger partial charge is 0.381 e. The number of benzene rings is 2. The molecule has 2 aromatic carbocycles. The van der Waals surface area contributed by atoms with Crippen LogP contribution in [-0.4, -0.2) is 73.2 Å². The van der Waals surface area contributed by atoms with Crippen molar-refractivity contribution in [2.45, 2.75) is 103 Å². The Labute approximate surface area is 331 Å². The highest BCUT2D eigenvalue weighted by atomic mass is 19.4. The molecule has 1 aromatic heterocycles. The summed E-state index contributed by atoms with van der Waals surface area (Å²) in [7, 11) is 0. The van der Waals surface area contributed by atoms with Gasteiger partial charge in [0, 0.05) is 55.9 Å². The largest absolute Gasteiger partial charge is 0.418 e. The van der Waals surface area contributed by atoms with Crippen LogP contribution in [0.15, 0.2) is 42.5 Å². The normalized spacial score (nSPS) is 19.4. The fourth-order valence-electron chi connectivity index (χ4n) is 7.79. The molecule has 2 aliphatic rings. The Kier molecular flexibility index (Phi) is 15.0. The number of aromatic amines is 1. The molecular formula is C42H56F4N6O5. The molecule has 5 amide bonds. The van der Waals surface area contributed by atoms with E-state index in [2.05, 4.69) is 31.6 Å². The topological polar surface area (TPSA) is 153 Å². The molecule has 0 bridgehead atoms. The standard InChI is InChI=1S/C42H56F4N6O5/c1-5-24(3)35(23-48-41(56)47-17-14-26-15-18-57-19-16-26)51-39(54)30-22-33-29(28-11-9-12-31(38(28)49-33)42(44,45)46)21-34(30)50-40(55)37(25(4)6-2)52-36(53)20-27-10-7-8-13-32(27)43/h7-13,24-26,30,34-35,37,49H,5-6,14-23H2,1-4H3,(H,50,55)(H,51,54)(H,52,53)(H2,47,48,56)/t24?,25?,30-,34-,35+,37-/m0/s1. The van der Waals surface area contributed by atoms with Crippen LogP contribution in [0.5, 0.6) is 0 Å². The van der Waals surface area contributed by atoms with Crippen molar-refractivity contribution in [3.8, 4) is 0 Å². The van der Waals surface area contributed by atoms with E-state index in [4.69, 9.17) is 4.74 Å². The second-order valence-electron chi connectivity index (χ2n) is 15.6. The number of fused-ring (bicyclic) bond motifs is 3. The number of rotatable bonds is 16. The summed E-state index contributed by atoms with van der Waals surface area (Å²) in [5.41, 5.74) is 0.269. The third-order valence-electron chi connectivity index (χ3n) is 11.8. The maximum Gasteiger partial charge on any atom is 0.418 e. The van der Waals surface area contributed by atoms with Gasteiger partial charge in [0.05, 0.1) is 23.4 Å². The van der Waals surface area contributed by atoms with Gasteiger partial charge in [-0.05, 0) is 66.7 Å². The number of halogens is 4. The van der Waals surface area contributed by atoms with Crippen molar-refractivity contribution in [1.29, 1.82) is 0 Å². The summed E-state index contributed by atoms with van der Waals surface area (Å²) < 4.78 is 62.1. The van der Waals surface area contributed by atoms with Crippen LogP contribution in [0, 0.1) is 29.5 Å². The van der Waals surface area contributed by atoms with Crippen molar-refractivity contribution >= 4 is 34.7 Å². The first-order chi connectivity index (χ1) is 27.2. The van der Waals surface area contributed by atoms with E-state index in [1.54, 1.807) is 19.1 Å². The number of alkyl halides is 3. The molecule has 57 heavy (non-hydrogen) atoms. The molecule has 6 N–H and O–H groups in total. The summed E-state index contributed by atoms with van der Waals surface area (Å²) in [6.07, 6.45) is -0.942. The van der Waals surface area contributed by atoms with Crippen LogP contribution < -0.4 is 26.6 Å². The molecule has 6 atom stereocenters. The van der Waals surface area contributed by atoms with Gasteiger partial charge in [-0.25, -0.2) is 9.18 Å². The Hall–Kier alpha value is -4.66. The van der Waals surface area contributed by atoms with E-state index < -0.39 is 59.3 Å². The van der Waals surface area contributed by atoms with Crippen molar-refractivity contribution in [3.05, 3.63) is 70.7 Å². The average molecular weight is 801 g/mol. The molecule has 2 heterocycles. The highest BCUT2D eigenvalue weighted by Crippen LogP contribution is 2.39. The SMILES string of the molecule is CCC(C)[C@H](NC(=O)Cc1ccccc1F)C(=O)N[C@H]1Cc2c([nH]c3c(C(F)(F)F)cccc23)C[C@@H]1C(=O)N[C@H](CNC(=O)NCCC1CCOCC1)C(C)CC. The molecular weight excluding hydrogens is 744 g/mol. The first kappa shape index (κ1) is 43.5. The van der Waals surface area contributed by atoms with Gasteiger partial charge >= 0.3 is 12.2 Å². The number of amides is 5. The molecule has 11 nitrogen and oxygen atoms in total. The lowest BCUT2D eigenvalue weighted by Gasteiger charge is -2.35. The lowest BCUT2D eigenvalue weighted by Crippen LogP contribution is -2.58. The molecule has 1 aliphatic carbocycles. The minimum absolute atomic E-state index is 0.000914. The zero-order valence-corrected chi connectivity index (χ0v) is 33.1. The van der Waals surface area contributed by atoms with Crippen LogP contribution in [-0.2, 0) is 44.6 Å². The van der Waals surface area contributed by atoms with Gasteiger partial charge in [0.2, 0.25) is 17.7 Å². The lowest BCUT2D eigenvalue weighted by atomic mass is 9.81. The number of hydrogen-bond acceptors (Lipinski definition) is 5. The van der Waals surface area contributed by atoms with E-state index in [0.717, 1.165) is 38.5 Å². The number of ether oxygens (including phenoxy) is 1. The fraction of sp³-hybridized carbons (Fsp3) is 0.571. The summed E-state index contributed by atoms with van der Waals surface area (Å²) in [6, 6.07) is 7.03. The maximum atomic E-state index is 14.4. The summed E-state index contributed by atoms with van der Waals surface area (Å²) in [5, 5.41) is 15.0. The third kappa shape index (κ3) is 11.3. The van der Waals surface area contributed by atoms with Gasteiger partial charge in [0.25, 0.3) is 0 Å². The molecule has 0 radical (unpaired) electrons. The first-order valence-electron chi connectivity index (χ1n) is 20.1. The summed E-state index contributed by atoms with van der Waals surface area (Å²) in [6.45, 7) is 9.64. The number of para-hydroxylation sites is 1. The first-order valence-corrected chi connectivity index (χ1v) is 20.1. The van der Waals surface area contributed by atoms with Crippen LogP contribution in [0.4, 0.5) is 22.4 Å². The summed E-state index contributed by atoms with van der Waals surface area (Å²) in [5.74, 6) is -2.96. The van der Waals surface area contributed by atoms with Gasteiger partial charge in [-0.15, -0.1) is 0 Å². The maximum absolute atomic E-state index is 14.4. The molecule has 5 rings (SSSR count). The Morgan fingerprint density at radius 3 is 2.32 bits per heavy atom. The van der Waals surface area contributed by atoms with Crippen molar-refractivity contribution < 1.29 is 41.5 Å². The fourth-order valence-corrected chi connectivity index (χ4v) is 7.79. The minimum atomic E-state index is -4.63. The van der Waals surface area contributed by atoms with E-state index >= 15 is 0 Å². The molecule has 312 valence electrons. The van der Waals surface area contributed by atoms with E-state index in [9.17, 15) is 36.7 Å². The molecule has 3 aromatic rings. The van der Waals surface area contributed by atoms with Gasteiger partial charge in [-0.3, -0.25) is 14.4 Å². The number of nitrogens with one attached hydrogen (secondary N) is 6. The minimum Gasteiger partial charge on any atom is -0.381 e. The molecule has 1 fully saturated rings.